The van der Waals surface area contributed by atoms with Crippen molar-refractivity contribution in [1.82, 2.24) is 0 Å². The molecule has 1 fully saturated rings. The first-order valence-corrected chi connectivity index (χ1v) is 18.6. The summed E-state index contributed by atoms with van der Waals surface area (Å²) in [5.74, 6) is -28.2. The highest BCUT2D eigenvalue weighted by molar-refractivity contribution is 6.10. The van der Waals surface area contributed by atoms with Crippen molar-refractivity contribution in [3.05, 3.63) is 64.2 Å². The summed E-state index contributed by atoms with van der Waals surface area (Å²) in [5, 5.41) is 158. The van der Waals surface area contributed by atoms with Crippen molar-refractivity contribution in [3.63, 3.8) is 0 Å². The fourth-order valence-corrected chi connectivity index (χ4v) is 7.44. The highest BCUT2D eigenvalue weighted by Gasteiger charge is 2.56. The maximum absolute atomic E-state index is 14.4. The smallest absolute Gasteiger partial charge is 0.340 e. The largest absolute Gasteiger partial charge is 0.504 e. The van der Waals surface area contributed by atoms with Gasteiger partial charge in [-0.3, -0.25) is 0 Å². The maximum atomic E-state index is 14.4. The summed E-state index contributed by atoms with van der Waals surface area (Å²) in [6, 6.07) is 2.84. The molecule has 5 atom stereocenters. The van der Waals surface area contributed by atoms with Gasteiger partial charge in [-0.1, -0.05) is 0 Å². The van der Waals surface area contributed by atoms with Crippen molar-refractivity contribution >= 4 is 29.8 Å². The number of fused-ring (bicyclic) bond motifs is 9. The van der Waals surface area contributed by atoms with E-state index < -0.39 is 203 Å². The number of esters is 5. The van der Waals surface area contributed by atoms with Gasteiger partial charge in [0.15, 0.2) is 75.5 Å². The summed E-state index contributed by atoms with van der Waals surface area (Å²) in [6.45, 7) is -1.25. The number of carbonyl (C=O) groups excluding carboxylic acids is 5. The first-order valence-electron chi connectivity index (χ1n) is 18.6. The molecule has 0 aliphatic carbocycles. The standard InChI is InChI=1S/C41H28O26/c42-13-1-8(2-14(43)24(13)48)36(57)67-41-35-34(65-39(60)11-5-17(46)27(51)31(55)22(11)23-12(40(61)66-35)6-18(47)28(52)32(23)56)33-19(63-41)7-62-37(58)9-3-15(44)25(49)29(53)20(9)21-10(38(59)64-33)4-16(45)26(50)30(21)54/h1-6,19,33-35,41-56H,7H2/t19-,33-,34+,35-,41?/m1/s1. The van der Waals surface area contributed by atoms with Crippen LogP contribution in [0.3, 0.4) is 0 Å². The van der Waals surface area contributed by atoms with Crippen LogP contribution < -0.4 is 0 Å². The van der Waals surface area contributed by atoms with E-state index in [0.29, 0.717) is 36.4 Å². The first kappa shape index (κ1) is 44.0. The molecule has 67 heavy (non-hydrogen) atoms. The first-order chi connectivity index (χ1) is 31.5. The molecule has 3 heterocycles. The van der Waals surface area contributed by atoms with Crippen LogP contribution >= 0.6 is 0 Å². The van der Waals surface area contributed by atoms with Gasteiger partial charge in [-0.15, -0.1) is 0 Å². The van der Waals surface area contributed by atoms with Gasteiger partial charge in [0, 0.05) is 22.3 Å². The molecule has 0 bridgehead atoms. The minimum Gasteiger partial charge on any atom is -0.504 e. The Morgan fingerprint density at radius 2 is 0.746 bits per heavy atom. The van der Waals surface area contributed by atoms with Gasteiger partial charge in [0.25, 0.3) is 0 Å². The Balaban J connectivity index is 1.37. The van der Waals surface area contributed by atoms with Crippen molar-refractivity contribution in [2.45, 2.75) is 30.7 Å². The lowest BCUT2D eigenvalue weighted by Gasteiger charge is -2.44. The van der Waals surface area contributed by atoms with Gasteiger partial charge < -0.3 is 105 Å². The molecular weight excluding hydrogens is 908 g/mol. The zero-order chi connectivity index (χ0) is 48.8. The molecule has 0 saturated carbocycles. The lowest BCUT2D eigenvalue weighted by molar-refractivity contribution is -0.282. The summed E-state index contributed by atoms with van der Waals surface area (Å²) in [5.41, 5.74) is -9.31. The molecule has 5 aromatic rings. The molecule has 0 spiro atoms. The molecule has 3 aliphatic rings. The molecule has 5 aromatic carbocycles. The van der Waals surface area contributed by atoms with Crippen LogP contribution in [0.15, 0.2) is 36.4 Å². The van der Waals surface area contributed by atoms with Gasteiger partial charge in [0.05, 0.1) is 27.8 Å². The lowest BCUT2D eigenvalue weighted by Crippen LogP contribution is -2.63. The normalized spacial score (nSPS) is 20.0. The van der Waals surface area contributed by atoms with Gasteiger partial charge in [-0.05, 0) is 36.4 Å². The molecule has 26 nitrogen and oxygen atoms in total. The van der Waals surface area contributed by atoms with Crippen LogP contribution in [-0.2, 0) is 28.4 Å². The average Bonchev–Trinajstić information content (AvgIpc) is 3.29. The van der Waals surface area contributed by atoms with Crippen LogP contribution in [0.25, 0.3) is 22.3 Å². The Kier molecular flexibility index (Phi) is 10.2. The minimum absolute atomic E-state index is 0.408. The van der Waals surface area contributed by atoms with Crippen LogP contribution in [0.4, 0.5) is 0 Å². The Morgan fingerprint density at radius 3 is 1.13 bits per heavy atom. The van der Waals surface area contributed by atoms with E-state index in [-0.39, 0.29) is 0 Å². The van der Waals surface area contributed by atoms with Crippen molar-refractivity contribution in [2.24, 2.45) is 0 Å². The zero-order valence-electron chi connectivity index (χ0n) is 32.8. The number of phenols is 15. The van der Waals surface area contributed by atoms with Gasteiger partial charge in [-0.25, -0.2) is 24.0 Å². The number of rotatable bonds is 2. The van der Waals surface area contributed by atoms with E-state index in [1.807, 2.05) is 0 Å². The number of benzene rings is 5. The molecule has 348 valence electrons. The number of hydrogen-bond donors (Lipinski definition) is 15. The number of carbonyl (C=O) groups is 5. The third-order valence-electron chi connectivity index (χ3n) is 10.6. The van der Waals surface area contributed by atoms with Crippen molar-refractivity contribution in [1.29, 1.82) is 0 Å². The molecule has 0 amide bonds. The summed E-state index contributed by atoms with van der Waals surface area (Å²) in [4.78, 5) is 70.7. The second-order valence-corrected chi connectivity index (χ2v) is 14.6. The number of ether oxygens (including phenoxy) is 6. The summed E-state index contributed by atoms with van der Waals surface area (Å²) < 4.78 is 33.6. The van der Waals surface area contributed by atoms with E-state index in [1.165, 1.54) is 0 Å². The SMILES string of the molecule is O=C(OC1O[C@@H]2COC(=O)c3cc(O)c(O)c(O)c3-c3c(cc(O)c(O)c3O)C(=O)O[C@H]2[C@@H]2OC(=O)c3cc(O)c(O)c(O)c3-c3c(cc(O)c(O)c3O)C(=O)O[C@@H]12)c1cc(O)c(O)c(O)c1. The fraction of sp³-hybridized carbons (Fsp3) is 0.146. The van der Waals surface area contributed by atoms with Crippen molar-refractivity contribution in [2.75, 3.05) is 6.61 Å². The Morgan fingerprint density at radius 1 is 0.418 bits per heavy atom. The third-order valence-corrected chi connectivity index (χ3v) is 10.6. The third kappa shape index (κ3) is 6.91. The van der Waals surface area contributed by atoms with E-state index in [0.717, 1.165) is 0 Å². The Hall–Kier alpha value is -9.59. The monoisotopic (exact) mass is 936 g/mol. The Labute approximate surface area is 368 Å². The minimum atomic E-state index is -2.53. The lowest BCUT2D eigenvalue weighted by atomic mass is 9.91. The molecule has 15 N–H and O–H groups in total. The molecule has 0 aromatic heterocycles. The summed E-state index contributed by atoms with van der Waals surface area (Å²) in [6.07, 6.45) is -12.1. The molecule has 1 unspecified atom stereocenters. The van der Waals surface area contributed by atoms with E-state index in [9.17, 15) is 101 Å². The molecular formula is C41H28O26. The molecule has 1 saturated heterocycles. The van der Waals surface area contributed by atoms with E-state index >= 15 is 0 Å². The highest BCUT2D eigenvalue weighted by Crippen LogP contribution is 2.55. The quantitative estimate of drug-likeness (QED) is 0.0679. The highest BCUT2D eigenvalue weighted by atomic mass is 16.7. The maximum Gasteiger partial charge on any atom is 0.340 e. The van der Waals surface area contributed by atoms with Gasteiger partial charge in [-0.2, -0.15) is 0 Å². The fourth-order valence-electron chi connectivity index (χ4n) is 7.44. The van der Waals surface area contributed by atoms with Crippen LogP contribution in [0, 0.1) is 0 Å². The molecule has 8 rings (SSSR count). The second kappa shape index (κ2) is 15.6. The summed E-state index contributed by atoms with van der Waals surface area (Å²) >= 11 is 0. The van der Waals surface area contributed by atoms with Crippen LogP contribution in [-0.4, -0.2) is 144 Å². The topological polar surface area (TPSA) is 444 Å². The molecule has 26 heteroatoms. The van der Waals surface area contributed by atoms with Crippen molar-refractivity contribution < 1.29 is 129 Å². The predicted molar refractivity (Wildman–Crippen MR) is 207 cm³/mol. The van der Waals surface area contributed by atoms with E-state index in [1.54, 1.807) is 0 Å². The van der Waals surface area contributed by atoms with Crippen LogP contribution in [0.1, 0.15) is 51.8 Å². The van der Waals surface area contributed by atoms with Crippen molar-refractivity contribution in [3.8, 4) is 108 Å². The Bertz CT molecular complexity index is 3020. The number of cyclic esters (lactones) is 1. The van der Waals surface area contributed by atoms with E-state index in [2.05, 4.69) is 0 Å². The van der Waals surface area contributed by atoms with Crippen LogP contribution in [0.5, 0.6) is 86.2 Å². The average molecular weight is 937 g/mol. The predicted octanol–water partition coefficient (Wildman–Crippen LogP) is 1.65. The summed E-state index contributed by atoms with van der Waals surface area (Å²) in [7, 11) is 0. The number of hydrogen-bond acceptors (Lipinski definition) is 26. The number of phenolic OH excluding ortho intramolecular Hbond substituents is 15. The van der Waals surface area contributed by atoms with Gasteiger partial charge >= 0.3 is 29.8 Å². The van der Waals surface area contributed by atoms with Gasteiger partial charge in [0.2, 0.25) is 35.4 Å². The van der Waals surface area contributed by atoms with Gasteiger partial charge in [0.1, 0.15) is 12.7 Å². The molecule has 0 radical (unpaired) electrons. The molecule has 3 aliphatic heterocycles. The zero-order valence-corrected chi connectivity index (χ0v) is 32.8. The number of aromatic hydroxyl groups is 15. The van der Waals surface area contributed by atoms with Crippen LogP contribution in [0.2, 0.25) is 0 Å². The second-order valence-electron chi connectivity index (χ2n) is 14.6. The van der Waals surface area contributed by atoms with E-state index in [4.69, 9.17) is 28.4 Å².